The van der Waals surface area contributed by atoms with Crippen molar-refractivity contribution in [1.29, 1.82) is 0 Å². The first kappa shape index (κ1) is 19.2. The fraction of sp³-hybridized carbons (Fsp3) is 0.182. The average Bonchev–Trinajstić information content (AvgIpc) is 3.14. The van der Waals surface area contributed by atoms with E-state index in [0.29, 0.717) is 41.6 Å². The van der Waals surface area contributed by atoms with Gasteiger partial charge in [0.2, 0.25) is 0 Å². The zero-order valence-corrected chi connectivity index (χ0v) is 15.9. The van der Waals surface area contributed by atoms with Crippen molar-refractivity contribution in [2.75, 3.05) is 20.3 Å². The number of hydrogen-bond acceptors (Lipinski definition) is 5. The number of aromatic amines is 1. The summed E-state index contributed by atoms with van der Waals surface area (Å²) in [6.07, 6.45) is 5.44. The van der Waals surface area contributed by atoms with Crippen LogP contribution in [-0.2, 0) is 4.74 Å². The third-order valence-corrected chi connectivity index (χ3v) is 3.99. The summed E-state index contributed by atoms with van der Waals surface area (Å²) in [6.45, 7) is 6.53. The Morgan fingerprint density at radius 3 is 2.79 bits per heavy atom. The van der Waals surface area contributed by atoms with Crippen LogP contribution in [0.15, 0.2) is 49.1 Å². The van der Waals surface area contributed by atoms with Crippen molar-refractivity contribution >= 4 is 29.2 Å². The number of nitrogens with zero attached hydrogens (tertiary/aromatic N) is 1. The molecule has 0 amide bonds. The van der Waals surface area contributed by atoms with Gasteiger partial charge in [-0.3, -0.25) is 0 Å². The Labute approximate surface area is 163 Å². The van der Waals surface area contributed by atoms with E-state index in [0.717, 1.165) is 11.1 Å². The summed E-state index contributed by atoms with van der Waals surface area (Å²) in [5.74, 6) is 1.56. The zero-order chi connectivity index (χ0) is 19.9. The van der Waals surface area contributed by atoms with Crippen molar-refractivity contribution < 1.29 is 19.0 Å². The number of ether oxygens (including phenoxy) is 3. The van der Waals surface area contributed by atoms with Crippen LogP contribution in [0.5, 0.6) is 11.5 Å². The van der Waals surface area contributed by atoms with Crippen molar-refractivity contribution in [3.8, 4) is 11.5 Å². The summed E-state index contributed by atoms with van der Waals surface area (Å²) in [6, 6.07) is 11.0. The lowest BCUT2D eigenvalue weighted by molar-refractivity contribution is 0.0603. The number of H-pyrrole nitrogens is 1. The number of carbonyl (C=O) groups is 1. The maximum Gasteiger partial charge on any atom is 0.340 e. The molecule has 1 heterocycles. The molecule has 0 bridgehead atoms. The van der Waals surface area contributed by atoms with Crippen molar-refractivity contribution in [2.45, 2.75) is 6.92 Å². The number of carbonyl (C=O) groups excluding carboxylic acids is 1. The van der Waals surface area contributed by atoms with Gasteiger partial charge in [0.05, 0.1) is 24.8 Å². The van der Waals surface area contributed by atoms with Crippen molar-refractivity contribution in [3.63, 3.8) is 0 Å². The molecule has 144 valence electrons. The molecule has 1 N–H and O–H groups in total. The number of nitrogens with one attached hydrogen (secondary N) is 1. The Balaban J connectivity index is 1.88. The number of rotatable bonds is 8. The van der Waals surface area contributed by atoms with Gasteiger partial charge in [-0.15, -0.1) is 0 Å². The molecular weight excluding hydrogens is 356 g/mol. The fourth-order valence-corrected chi connectivity index (χ4v) is 2.74. The van der Waals surface area contributed by atoms with E-state index >= 15 is 0 Å². The van der Waals surface area contributed by atoms with Gasteiger partial charge in [0.15, 0.2) is 11.5 Å². The number of benzene rings is 2. The summed E-state index contributed by atoms with van der Waals surface area (Å²) in [5.41, 5.74) is 2.71. The summed E-state index contributed by atoms with van der Waals surface area (Å²) in [4.78, 5) is 19.6. The lowest BCUT2D eigenvalue weighted by atomic mass is 10.2. The molecule has 3 aromatic rings. The predicted molar refractivity (Wildman–Crippen MR) is 110 cm³/mol. The van der Waals surface area contributed by atoms with Crippen LogP contribution in [0.3, 0.4) is 0 Å². The lowest BCUT2D eigenvalue weighted by Crippen LogP contribution is -2.01. The third-order valence-electron chi connectivity index (χ3n) is 3.99. The second-order valence-electron chi connectivity index (χ2n) is 5.89. The average molecular weight is 378 g/mol. The summed E-state index contributed by atoms with van der Waals surface area (Å²) < 4.78 is 16.1. The lowest BCUT2D eigenvalue weighted by Gasteiger charge is -2.11. The zero-order valence-electron chi connectivity index (χ0n) is 15.9. The van der Waals surface area contributed by atoms with Gasteiger partial charge in [0.1, 0.15) is 17.9 Å². The summed E-state index contributed by atoms with van der Waals surface area (Å²) >= 11 is 0. The molecular formula is C22H22N2O4. The van der Waals surface area contributed by atoms with Gasteiger partial charge in [-0.05, 0) is 42.8 Å². The van der Waals surface area contributed by atoms with Crippen molar-refractivity contribution in [2.24, 2.45) is 0 Å². The van der Waals surface area contributed by atoms with Crippen LogP contribution >= 0.6 is 0 Å². The minimum atomic E-state index is -0.413. The maximum absolute atomic E-state index is 11.9. The fourth-order valence-electron chi connectivity index (χ4n) is 2.74. The van der Waals surface area contributed by atoms with Crippen molar-refractivity contribution in [1.82, 2.24) is 9.97 Å². The van der Waals surface area contributed by atoms with Crippen LogP contribution in [0.2, 0.25) is 0 Å². The molecule has 2 aromatic carbocycles. The number of para-hydroxylation sites is 1. The third kappa shape index (κ3) is 4.23. The molecule has 0 fully saturated rings. The smallest absolute Gasteiger partial charge is 0.340 e. The predicted octanol–water partition coefficient (Wildman–Crippen LogP) is 4.48. The second kappa shape index (κ2) is 8.90. The van der Waals surface area contributed by atoms with Gasteiger partial charge >= 0.3 is 5.97 Å². The molecule has 0 aliphatic rings. The maximum atomic E-state index is 11.9. The van der Waals surface area contributed by atoms with Crippen LogP contribution in [-0.4, -0.2) is 36.3 Å². The van der Waals surface area contributed by atoms with Crippen molar-refractivity contribution in [3.05, 3.63) is 66.0 Å². The van der Waals surface area contributed by atoms with Crippen LogP contribution in [0.25, 0.3) is 23.2 Å². The van der Waals surface area contributed by atoms with Gasteiger partial charge < -0.3 is 19.2 Å². The number of methoxy groups -OCH3 is 1. The van der Waals surface area contributed by atoms with Crippen LogP contribution in [0.1, 0.15) is 28.7 Å². The Morgan fingerprint density at radius 1 is 1.18 bits per heavy atom. The summed E-state index contributed by atoms with van der Waals surface area (Å²) in [5, 5.41) is 0. The molecule has 0 radical (unpaired) electrons. The normalized spacial score (nSPS) is 10.9. The minimum Gasteiger partial charge on any atom is -0.490 e. The Kier molecular flexibility index (Phi) is 6.11. The van der Waals surface area contributed by atoms with Crippen LogP contribution in [0, 0.1) is 0 Å². The van der Waals surface area contributed by atoms with Gasteiger partial charge in [-0.2, -0.15) is 0 Å². The van der Waals surface area contributed by atoms with Gasteiger partial charge in [-0.1, -0.05) is 30.9 Å². The van der Waals surface area contributed by atoms with E-state index in [2.05, 4.69) is 16.5 Å². The van der Waals surface area contributed by atoms with Gasteiger partial charge in [0, 0.05) is 0 Å². The van der Waals surface area contributed by atoms with Gasteiger partial charge in [0.25, 0.3) is 0 Å². The SMILES string of the molecule is C=CCOc1ccc(C=Cc2nc3c(C(=O)OC)cccc3[nH]2)cc1OCC. The quantitative estimate of drug-likeness (QED) is 0.462. The van der Waals surface area contributed by atoms with Gasteiger partial charge in [-0.25, -0.2) is 9.78 Å². The van der Waals surface area contributed by atoms with E-state index in [9.17, 15) is 4.79 Å². The minimum absolute atomic E-state index is 0.413. The number of esters is 1. The highest BCUT2D eigenvalue weighted by Gasteiger charge is 2.13. The highest BCUT2D eigenvalue weighted by atomic mass is 16.5. The van der Waals surface area contributed by atoms with E-state index in [-0.39, 0.29) is 0 Å². The first-order valence-electron chi connectivity index (χ1n) is 8.92. The Morgan fingerprint density at radius 2 is 2.04 bits per heavy atom. The first-order valence-corrected chi connectivity index (χ1v) is 8.92. The Bertz CT molecular complexity index is 1020. The number of aromatic nitrogens is 2. The van der Waals surface area contributed by atoms with Crippen LogP contribution < -0.4 is 9.47 Å². The number of hydrogen-bond donors (Lipinski definition) is 1. The second-order valence-corrected chi connectivity index (χ2v) is 5.89. The highest BCUT2D eigenvalue weighted by Crippen LogP contribution is 2.29. The molecule has 3 rings (SSSR count). The Hall–Kier alpha value is -3.54. The van der Waals surface area contributed by atoms with E-state index in [1.807, 2.05) is 43.3 Å². The monoisotopic (exact) mass is 378 g/mol. The molecule has 0 aliphatic heterocycles. The van der Waals surface area contributed by atoms with E-state index in [1.165, 1.54) is 7.11 Å². The molecule has 28 heavy (non-hydrogen) atoms. The molecule has 0 aliphatic carbocycles. The largest absolute Gasteiger partial charge is 0.490 e. The first-order chi connectivity index (χ1) is 13.7. The number of imidazole rings is 1. The molecule has 1 aromatic heterocycles. The topological polar surface area (TPSA) is 73.4 Å². The molecule has 0 atom stereocenters. The van der Waals surface area contributed by atoms with E-state index in [4.69, 9.17) is 14.2 Å². The summed E-state index contributed by atoms with van der Waals surface area (Å²) in [7, 11) is 1.35. The molecule has 6 heteroatoms. The molecule has 0 unspecified atom stereocenters. The highest BCUT2D eigenvalue weighted by molar-refractivity contribution is 6.02. The molecule has 0 spiro atoms. The molecule has 0 saturated heterocycles. The van der Waals surface area contributed by atoms with Crippen LogP contribution in [0.4, 0.5) is 0 Å². The molecule has 0 saturated carbocycles. The standard InChI is InChI=1S/C22H22N2O4/c1-4-13-28-18-11-9-15(14-19(18)27-5-2)10-12-20-23-17-8-6-7-16(21(17)24-20)22(25)26-3/h4,6-12,14H,1,5,13H2,2-3H3,(H,23,24). The van der Waals surface area contributed by atoms with E-state index < -0.39 is 5.97 Å². The number of fused-ring (bicyclic) bond motifs is 1. The van der Waals surface area contributed by atoms with E-state index in [1.54, 1.807) is 18.2 Å². The molecule has 6 nitrogen and oxygen atoms in total.